The molecule has 1 heterocycles. The minimum Gasteiger partial charge on any atom is -0.375 e. The van der Waals surface area contributed by atoms with Crippen molar-refractivity contribution < 1.29 is 9.47 Å². The summed E-state index contributed by atoms with van der Waals surface area (Å²) < 4.78 is 10.5. The molecule has 1 aliphatic rings. The standard InChI is InChI=1S/C13H22O2/c1-11(2)5-4-6-12(3)7-8-14-9-13-10-15-13/h5,7,13H,4,6,8-10H2,1-3H3/b12-7+. The van der Waals surface area contributed by atoms with Gasteiger partial charge in [-0.1, -0.05) is 23.3 Å². The third-order valence-electron chi connectivity index (χ3n) is 2.35. The van der Waals surface area contributed by atoms with Gasteiger partial charge >= 0.3 is 0 Å². The highest BCUT2D eigenvalue weighted by atomic mass is 16.6. The van der Waals surface area contributed by atoms with Gasteiger partial charge < -0.3 is 9.47 Å². The minimum absolute atomic E-state index is 0.379. The Labute approximate surface area is 93.0 Å². The van der Waals surface area contributed by atoms with Gasteiger partial charge in [-0.05, 0) is 33.6 Å². The van der Waals surface area contributed by atoms with Crippen LogP contribution in [0.3, 0.4) is 0 Å². The van der Waals surface area contributed by atoms with Gasteiger partial charge in [0.05, 0.1) is 19.8 Å². The summed E-state index contributed by atoms with van der Waals surface area (Å²) >= 11 is 0. The van der Waals surface area contributed by atoms with E-state index in [1.54, 1.807) is 0 Å². The summed E-state index contributed by atoms with van der Waals surface area (Å²) in [7, 11) is 0. The van der Waals surface area contributed by atoms with Gasteiger partial charge in [-0.15, -0.1) is 0 Å². The van der Waals surface area contributed by atoms with Crippen LogP contribution in [0.1, 0.15) is 33.6 Å². The Bertz CT molecular complexity index is 233. The lowest BCUT2D eigenvalue weighted by Crippen LogP contribution is -2.01. The molecular weight excluding hydrogens is 188 g/mol. The molecule has 1 aliphatic heterocycles. The fraction of sp³-hybridized carbons (Fsp3) is 0.692. The Kier molecular flexibility index (Phi) is 5.66. The third kappa shape index (κ3) is 7.34. The fourth-order valence-electron chi connectivity index (χ4n) is 1.26. The Balaban J connectivity index is 2.01. The summed E-state index contributed by atoms with van der Waals surface area (Å²) in [6.45, 7) is 8.78. The summed E-state index contributed by atoms with van der Waals surface area (Å²) in [4.78, 5) is 0. The number of hydrogen-bond acceptors (Lipinski definition) is 2. The normalized spacial score (nSPS) is 20.2. The van der Waals surface area contributed by atoms with Gasteiger partial charge in [0, 0.05) is 0 Å². The van der Waals surface area contributed by atoms with E-state index in [1.807, 2.05) is 0 Å². The van der Waals surface area contributed by atoms with Crippen LogP contribution in [0.25, 0.3) is 0 Å². The second-order valence-electron chi connectivity index (χ2n) is 4.36. The molecular formula is C13H22O2. The highest BCUT2D eigenvalue weighted by molar-refractivity contribution is 5.02. The van der Waals surface area contributed by atoms with Gasteiger partial charge in [-0.3, -0.25) is 0 Å². The van der Waals surface area contributed by atoms with Crippen molar-refractivity contribution in [1.29, 1.82) is 0 Å². The van der Waals surface area contributed by atoms with Gasteiger partial charge in [-0.25, -0.2) is 0 Å². The zero-order valence-electron chi connectivity index (χ0n) is 10.1. The van der Waals surface area contributed by atoms with Crippen LogP contribution in [0.5, 0.6) is 0 Å². The predicted molar refractivity (Wildman–Crippen MR) is 63.0 cm³/mol. The zero-order valence-corrected chi connectivity index (χ0v) is 10.1. The van der Waals surface area contributed by atoms with E-state index < -0.39 is 0 Å². The molecule has 0 spiro atoms. The van der Waals surface area contributed by atoms with Crippen molar-refractivity contribution in [2.24, 2.45) is 0 Å². The van der Waals surface area contributed by atoms with Crippen molar-refractivity contribution in [3.05, 3.63) is 23.3 Å². The van der Waals surface area contributed by atoms with Crippen LogP contribution < -0.4 is 0 Å². The van der Waals surface area contributed by atoms with E-state index in [0.717, 1.165) is 32.7 Å². The van der Waals surface area contributed by atoms with E-state index in [4.69, 9.17) is 9.47 Å². The van der Waals surface area contributed by atoms with E-state index in [2.05, 4.69) is 32.9 Å². The van der Waals surface area contributed by atoms with E-state index in [9.17, 15) is 0 Å². The molecule has 0 aliphatic carbocycles. The predicted octanol–water partition coefficient (Wildman–Crippen LogP) is 3.09. The molecule has 2 heteroatoms. The first-order chi connectivity index (χ1) is 7.18. The lowest BCUT2D eigenvalue weighted by molar-refractivity contribution is 0.140. The molecule has 0 amide bonds. The van der Waals surface area contributed by atoms with Gasteiger partial charge in [0.25, 0.3) is 0 Å². The molecule has 1 atom stereocenters. The molecule has 0 bridgehead atoms. The van der Waals surface area contributed by atoms with Crippen molar-refractivity contribution in [1.82, 2.24) is 0 Å². The maximum atomic E-state index is 5.44. The SMILES string of the molecule is CC(C)=CCC/C(C)=C/COCC1CO1. The Morgan fingerprint density at radius 1 is 1.33 bits per heavy atom. The van der Waals surface area contributed by atoms with Gasteiger partial charge in [0.15, 0.2) is 0 Å². The molecule has 86 valence electrons. The third-order valence-corrected chi connectivity index (χ3v) is 2.35. The van der Waals surface area contributed by atoms with Crippen LogP contribution >= 0.6 is 0 Å². The van der Waals surface area contributed by atoms with Crippen LogP contribution in [-0.4, -0.2) is 25.9 Å². The molecule has 0 N–H and O–H groups in total. The molecule has 2 nitrogen and oxygen atoms in total. The average molecular weight is 210 g/mol. The molecule has 0 saturated carbocycles. The van der Waals surface area contributed by atoms with Crippen molar-refractivity contribution in [2.75, 3.05) is 19.8 Å². The summed E-state index contributed by atoms with van der Waals surface area (Å²) in [5.74, 6) is 0. The molecule has 0 radical (unpaired) electrons. The van der Waals surface area contributed by atoms with Crippen molar-refractivity contribution in [2.45, 2.75) is 39.7 Å². The second kappa shape index (κ2) is 6.81. The molecule has 1 saturated heterocycles. The van der Waals surface area contributed by atoms with E-state index >= 15 is 0 Å². The molecule has 0 aromatic heterocycles. The number of rotatable bonds is 7. The van der Waals surface area contributed by atoms with Gasteiger partial charge in [-0.2, -0.15) is 0 Å². The van der Waals surface area contributed by atoms with Crippen molar-refractivity contribution in [3.63, 3.8) is 0 Å². The lowest BCUT2D eigenvalue weighted by atomic mass is 10.1. The van der Waals surface area contributed by atoms with Crippen LogP contribution in [0.15, 0.2) is 23.3 Å². The molecule has 1 unspecified atom stereocenters. The smallest absolute Gasteiger partial charge is 0.104 e. The maximum Gasteiger partial charge on any atom is 0.104 e. The highest BCUT2D eigenvalue weighted by Crippen LogP contribution is 2.09. The molecule has 1 fully saturated rings. The maximum absolute atomic E-state index is 5.44. The fourth-order valence-corrected chi connectivity index (χ4v) is 1.26. The van der Waals surface area contributed by atoms with Crippen LogP contribution in [-0.2, 0) is 9.47 Å². The number of ether oxygens (including phenoxy) is 2. The molecule has 0 aromatic rings. The van der Waals surface area contributed by atoms with Crippen molar-refractivity contribution >= 4 is 0 Å². The molecule has 0 aromatic carbocycles. The number of epoxide rings is 1. The summed E-state index contributed by atoms with van der Waals surface area (Å²) in [6.07, 6.45) is 7.09. The van der Waals surface area contributed by atoms with Crippen LogP contribution in [0.4, 0.5) is 0 Å². The first kappa shape index (κ1) is 12.5. The Morgan fingerprint density at radius 3 is 2.67 bits per heavy atom. The molecule has 1 rings (SSSR count). The minimum atomic E-state index is 0.379. The zero-order chi connectivity index (χ0) is 11.1. The Morgan fingerprint density at radius 2 is 2.07 bits per heavy atom. The summed E-state index contributed by atoms with van der Waals surface area (Å²) in [5, 5.41) is 0. The number of allylic oxidation sites excluding steroid dienone is 3. The van der Waals surface area contributed by atoms with E-state index in [1.165, 1.54) is 11.1 Å². The Hall–Kier alpha value is -0.600. The van der Waals surface area contributed by atoms with Gasteiger partial charge in [0.1, 0.15) is 6.10 Å². The van der Waals surface area contributed by atoms with E-state index in [-0.39, 0.29) is 0 Å². The topological polar surface area (TPSA) is 21.8 Å². The largest absolute Gasteiger partial charge is 0.375 e. The van der Waals surface area contributed by atoms with Crippen LogP contribution in [0, 0.1) is 0 Å². The second-order valence-corrected chi connectivity index (χ2v) is 4.36. The number of hydrogen-bond donors (Lipinski definition) is 0. The molecule has 15 heavy (non-hydrogen) atoms. The van der Waals surface area contributed by atoms with Crippen molar-refractivity contribution in [3.8, 4) is 0 Å². The van der Waals surface area contributed by atoms with Gasteiger partial charge in [0.2, 0.25) is 0 Å². The first-order valence-electron chi connectivity index (χ1n) is 5.67. The van der Waals surface area contributed by atoms with E-state index in [0.29, 0.717) is 6.10 Å². The van der Waals surface area contributed by atoms with Crippen LogP contribution in [0.2, 0.25) is 0 Å². The average Bonchev–Trinajstić information content (AvgIpc) is 2.95. The highest BCUT2D eigenvalue weighted by Gasteiger charge is 2.21. The summed E-state index contributed by atoms with van der Waals surface area (Å²) in [5.41, 5.74) is 2.80. The quantitative estimate of drug-likeness (QED) is 0.366. The first-order valence-corrected chi connectivity index (χ1v) is 5.67. The summed E-state index contributed by atoms with van der Waals surface area (Å²) in [6, 6.07) is 0. The lowest BCUT2D eigenvalue weighted by Gasteiger charge is -2.00. The monoisotopic (exact) mass is 210 g/mol.